The van der Waals surface area contributed by atoms with Crippen LogP contribution in [0.1, 0.15) is 146 Å². The highest BCUT2D eigenvalue weighted by Crippen LogP contribution is 2.22. The van der Waals surface area contributed by atoms with E-state index in [0.29, 0.717) is 6.10 Å². The lowest BCUT2D eigenvalue weighted by Gasteiger charge is -2.21. The Kier molecular flexibility index (Phi) is 18.1. The van der Waals surface area contributed by atoms with Crippen molar-refractivity contribution in [3.8, 4) is 0 Å². The molecule has 1 saturated carbocycles. The van der Waals surface area contributed by atoms with E-state index in [-0.39, 0.29) is 5.92 Å². The van der Waals surface area contributed by atoms with Crippen LogP contribution in [0.5, 0.6) is 0 Å². The van der Waals surface area contributed by atoms with Gasteiger partial charge in [-0.25, -0.2) is 0 Å². The summed E-state index contributed by atoms with van der Waals surface area (Å²) in [5.41, 5.74) is 1.12. The lowest BCUT2D eigenvalue weighted by atomic mass is 9.94. The number of hydrogen-bond donors (Lipinski definition) is 0. The molecule has 0 bridgehead atoms. The van der Waals surface area contributed by atoms with Gasteiger partial charge in [0.15, 0.2) is 0 Å². The monoisotopic (exact) mass is 468 g/mol. The third-order valence-corrected chi connectivity index (χ3v) is 7.47. The Morgan fingerprint density at radius 3 is 1.65 bits per heavy atom. The molecule has 2 heteroatoms. The van der Waals surface area contributed by atoms with Crippen molar-refractivity contribution in [2.24, 2.45) is 0 Å². The maximum atomic E-state index is 11.2. The van der Waals surface area contributed by atoms with Gasteiger partial charge in [0.1, 0.15) is 0 Å². The van der Waals surface area contributed by atoms with E-state index in [1.807, 2.05) is 30.3 Å². The molecular formula is C32H52O2. The van der Waals surface area contributed by atoms with Crippen molar-refractivity contribution in [1.82, 2.24) is 0 Å². The van der Waals surface area contributed by atoms with Crippen LogP contribution < -0.4 is 0 Å². The summed E-state index contributed by atoms with van der Waals surface area (Å²) in [5, 5.41) is 0. The average molecular weight is 469 g/mol. The summed E-state index contributed by atoms with van der Waals surface area (Å²) >= 11 is 0. The molecule has 2 nitrogen and oxygen atoms in total. The number of ether oxygens (including phenoxy) is 1. The van der Waals surface area contributed by atoms with Crippen molar-refractivity contribution in [1.29, 1.82) is 0 Å². The van der Waals surface area contributed by atoms with Crippen LogP contribution in [-0.2, 0) is 9.53 Å². The first-order chi connectivity index (χ1) is 16.9. The van der Waals surface area contributed by atoms with Crippen molar-refractivity contribution in [2.75, 3.05) is 6.61 Å². The zero-order chi connectivity index (χ0) is 23.9. The molecule has 1 aliphatic carbocycles. The van der Waals surface area contributed by atoms with Crippen LogP contribution in [0.15, 0.2) is 30.3 Å². The molecule has 1 aromatic rings. The van der Waals surface area contributed by atoms with E-state index >= 15 is 0 Å². The largest absolute Gasteiger partial charge is 0.378 e. The quantitative estimate of drug-likeness (QED) is 0.158. The number of carbonyl (C=O) groups excluding carboxylic acids is 1. The van der Waals surface area contributed by atoms with Gasteiger partial charge in [-0.3, -0.25) is 4.79 Å². The van der Waals surface area contributed by atoms with Gasteiger partial charge in [0.2, 0.25) is 6.29 Å². The zero-order valence-electron chi connectivity index (χ0n) is 22.0. The summed E-state index contributed by atoms with van der Waals surface area (Å²) in [6.07, 6.45) is 32.9. The maximum Gasteiger partial charge on any atom is 0.206 e. The first-order valence-electron chi connectivity index (χ1n) is 14.8. The molecule has 2 rings (SSSR count). The van der Waals surface area contributed by atoms with Crippen molar-refractivity contribution in [2.45, 2.75) is 147 Å². The van der Waals surface area contributed by atoms with E-state index in [4.69, 9.17) is 4.74 Å². The molecule has 0 aliphatic heterocycles. The van der Waals surface area contributed by atoms with E-state index in [1.54, 1.807) is 0 Å². The van der Waals surface area contributed by atoms with Gasteiger partial charge < -0.3 is 4.74 Å². The smallest absolute Gasteiger partial charge is 0.206 e. The summed E-state index contributed by atoms with van der Waals surface area (Å²) < 4.78 is 6.00. The molecule has 0 heterocycles. The zero-order valence-corrected chi connectivity index (χ0v) is 22.0. The predicted octanol–water partition coefficient (Wildman–Crippen LogP) is 9.68. The average Bonchev–Trinajstić information content (AvgIpc) is 2.89. The lowest BCUT2D eigenvalue weighted by Crippen LogP contribution is -2.17. The SMILES string of the molecule is O=[C]C(CCCCCCCCCCCCCCCCCCOC1CC[CH]CC1)c1ccccc1. The fourth-order valence-corrected chi connectivity index (χ4v) is 5.22. The Bertz CT molecular complexity index is 564. The predicted molar refractivity (Wildman–Crippen MR) is 146 cm³/mol. The Hall–Kier alpha value is -1.15. The summed E-state index contributed by atoms with van der Waals surface area (Å²) in [5.74, 6) is -0.0363. The van der Waals surface area contributed by atoms with Crippen LogP contribution in [0.2, 0.25) is 0 Å². The minimum atomic E-state index is -0.0363. The molecule has 0 amide bonds. The van der Waals surface area contributed by atoms with Crippen molar-refractivity contribution >= 4 is 6.29 Å². The molecule has 1 aromatic carbocycles. The Morgan fingerprint density at radius 1 is 0.676 bits per heavy atom. The number of benzene rings is 1. The molecule has 1 atom stereocenters. The van der Waals surface area contributed by atoms with E-state index < -0.39 is 0 Å². The molecule has 34 heavy (non-hydrogen) atoms. The molecule has 1 unspecified atom stereocenters. The van der Waals surface area contributed by atoms with Gasteiger partial charge in [-0.05, 0) is 50.5 Å². The number of unbranched alkanes of at least 4 members (excludes halogenated alkanes) is 15. The molecule has 0 spiro atoms. The van der Waals surface area contributed by atoms with Crippen LogP contribution in [0, 0.1) is 6.42 Å². The van der Waals surface area contributed by atoms with Gasteiger partial charge in [0, 0.05) is 6.61 Å². The second kappa shape index (κ2) is 21.2. The third-order valence-electron chi connectivity index (χ3n) is 7.47. The molecule has 1 aliphatic rings. The number of hydrogen-bond acceptors (Lipinski definition) is 2. The molecule has 0 N–H and O–H groups in total. The Morgan fingerprint density at radius 2 is 1.15 bits per heavy atom. The van der Waals surface area contributed by atoms with E-state index in [0.717, 1.165) is 25.0 Å². The fraction of sp³-hybridized carbons (Fsp3) is 0.750. The van der Waals surface area contributed by atoms with Crippen LogP contribution in [0.25, 0.3) is 0 Å². The topological polar surface area (TPSA) is 26.3 Å². The lowest BCUT2D eigenvalue weighted by molar-refractivity contribution is 0.0326. The van der Waals surface area contributed by atoms with Crippen LogP contribution >= 0.6 is 0 Å². The van der Waals surface area contributed by atoms with Gasteiger partial charge in [-0.2, -0.15) is 0 Å². The Balaban J connectivity index is 1.24. The van der Waals surface area contributed by atoms with Crippen LogP contribution in [0.4, 0.5) is 0 Å². The second-order valence-corrected chi connectivity index (χ2v) is 10.5. The van der Waals surface area contributed by atoms with Gasteiger partial charge in [0.05, 0.1) is 12.0 Å². The summed E-state index contributed by atoms with van der Waals surface area (Å²) in [6.45, 7) is 0.984. The second-order valence-electron chi connectivity index (χ2n) is 10.5. The highest BCUT2D eigenvalue weighted by atomic mass is 16.5. The van der Waals surface area contributed by atoms with Gasteiger partial charge in [-0.15, -0.1) is 0 Å². The highest BCUT2D eigenvalue weighted by Gasteiger charge is 2.13. The summed E-state index contributed by atoms with van der Waals surface area (Å²) in [4.78, 5) is 11.2. The molecule has 2 radical (unpaired) electrons. The van der Waals surface area contributed by atoms with Crippen molar-refractivity contribution in [3.63, 3.8) is 0 Å². The minimum absolute atomic E-state index is 0.0363. The molecular weight excluding hydrogens is 416 g/mol. The van der Waals surface area contributed by atoms with Crippen molar-refractivity contribution < 1.29 is 9.53 Å². The fourth-order valence-electron chi connectivity index (χ4n) is 5.22. The van der Waals surface area contributed by atoms with Gasteiger partial charge in [0.25, 0.3) is 0 Å². The minimum Gasteiger partial charge on any atom is -0.378 e. The van der Waals surface area contributed by atoms with E-state index in [2.05, 4.69) is 12.7 Å². The Labute approximate surface area is 211 Å². The summed E-state index contributed by atoms with van der Waals surface area (Å²) in [7, 11) is 0. The van der Waals surface area contributed by atoms with Crippen molar-refractivity contribution in [3.05, 3.63) is 42.3 Å². The van der Waals surface area contributed by atoms with Gasteiger partial charge >= 0.3 is 0 Å². The standard InChI is InChI=1S/C32H52O2/c33-29-31(30-23-18-15-19-24-30)25-17-13-11-9-7-5-3-1-2-4-6-8-10-12-14-22-28-34-32-26-20-16-21-27-32/h15-16,18-19,23-24,31-32H,1-14,17,20-22,25-28H2. The normalized spacial score (nSPS) is 15.4. The molecule has 0 aromatic heterocycles. The summed E-state index contributed by atoms with van der Waals surface area (Å²) in [6, 6.07) is 10.1. The molecule has 0 saturated heterocycles. The molecule has 192 valence electrons. The highest BCUT2D eigenvalue weighted by molar-refractivity contribution is 5.62. The first-order valence-corrected chi connectivity index (χ1v) is 14.8. The van der Waals surface area contributed by atoms with Crippen LogP contribution in [-0.4, -0.2) is 19.0 Å². The maximum absolute atomic E-state index is 11.2. The van der Waals surface area contributed by atoms with E-state index in [1.165, 1.54) is 122 Å². The number of rotatable bonds is 22. The van der Waals surface area contributed by atoms with Gasteiger partial charge in [-0.1, -0.05) is 127 Å². The van der Waals surface area contributed by atoms with E-state index in [9.17, 15) is 4.79 Å². The molecule has 1 fully saturated rings. The van der Waals surface area contributed by atoms with Crippen LogP contribution in [0.3, 0.4) is 0 Å². The third kappa shape index (κ3) is 15.0. The first kappa shape index (κ1) is 29.1.